The molecular weight excluding hydrogens is 366 g/mol. The smallest absolute Gasteiger partial charge is 0.256 e. The summed E-state index contributed by atoms with van der Waals surface area (Å²) in [4.78, 5) is 43.8. The molecule has 1 fully saturated rings. The molecule has 0 saturated carbocycles. The van der Waals surface area contributed by atoms with E-state index in [1.54, 1.807) is 12.1 Å². The molecule has 0 radical (unpaired) electrons. The third-order valence-corrected chi connectivity index (χ3v) is 5.40. The first-order valence-electron chi connectivity index (χ1n) is 9.84. The number of benzene rings is 2. The van der Waals surface area contributed by atoms with E-state index in [-0.39, 0.29) is 17.2 Å². The number of pyridine rings is 1. The summed E-state index contributed by atoms with van der Waals surface area (Å²) in [5.74, 6) is 0.0706. The number of nitrogens with one attached hydrogen (secondary N) is 1. The Labute approximate surface area is 168 Å². The zero-order valence-corrected chi connectivity index (χ0v) is 16.1. The topological polar surface area (TPSA) is 73.5 Å². The highest BCUT2D eigenvalue weighted by Crippen LogP contribution is 2.18. The van der Waals surface area contributed by atoms with Crippen LogP contribution in [0.1, 0.15) is 27.1 Å². The van der Waals surface area contributed by atoms with Crippen LogP contribution in [-0.2, 0) is 0 Å². The van der Waals surface area contributed by atoms with Crippen molar-refractivity contribution >= 4 is 22.6 Å². The molecule has 0 aliphatic carbocycles. The molecule has 3 aromatic rings. The normalized spacial score (nSPS) is 14.8. The number of amides is 1. The summed E-state index contributed by atoms with van der Waals surface area (Å²) >= 11 is 0. The van der Waals surface area contributed by atoms with E-state index in [0.29, 0.717) is 37.1 Å². The van der Waals surface area contributed by atoms with Gasteiger partial charge in [0.2, 0.25) is 5.56 Å². The molecule has 0 spiro atoms. The lowest BCUT2D eigenvalue weighted by Crippen LogP contribution is -2.49. The van der Waals surface area contributed by atoms with Crippen molar-refractivity contribution in [3.63, 3.8) is 0 Å². The molecule has 1 saturated heterocycles. The van der Waals surface area contributed by atoms with Gasteiger partial charge in [0.25, 0.3) is 5.91 Å². The van der Waals surface area contributed by atoms with E-state index in [0.717, 1.165) is 24.0 Å². The predicted octanol–water partition coefficient (Wildman–Crippen LogP) is 2.56. The van der Waals surface area contributed by atoms with Crippen LogP contribution >= 0.6 is 0 Å². The number of aromatic nitrogens is 1. The van der Waals surface area contributed by atoms with E-state index >= 15 is 0 Å². The SMILES string of the molecule is O=C(CCN1CCN(C(=O)c2cccc3ccc(=O)[nH]c23)CC1)c1ccccc1. The zero-order valence-electron chi connectivity index (χ0n) is 16.1. The van der Waals surface area contributed by atoms with Crippen molar-refractivity contribution in [2.75, 3.05) is 32.7 Å². The van der Waals surface area contributed by atoms with Crippen molar-refractivity contribution in [1.82, 2.24) is 14.8 Å². The van der Waals surface area contributed by atoms with Gasteiger partial charge in [0.05, 0.1) is 11.1 Å². The Balaban J connectivity index is 1.36. The van der Waals surface area contributed by atoms with E-state index in [9.17, 15) is 14.4 Å². The van der Waals surface area contributed by atoms with E-state index in [4.69, 9.17) is 0 Å². The quantitative estimate of drug-likeness (QED) is 0.681. The molecule has 1 aliphatic heterocycles. The van der Waals surface area contributed by atoms with E-state index in [1.165, 1.54) is 6.07 Å². The number of para-hydroxylation sites is 1. The molecule has 0 unspecified atom stereocenters. The molecule has 29 heavy (non-hydrogen) atoms. The first-order chi connectivity index (χ1) is 14.1. The minimum atomic E-state index is -0.217. The third kappa shape index (κ3) is 4.27. The van der Waals surface area contributed by atoms with Crippen molar-refractivity contribution in [3.8, 4) is 0 Å². The summed E-state index contributed by atoms with van der Waals surface area (Å²) < 4.78 is 0. The van der Waals surface area contributed by atoms with Crippen LogP contribution in [0.3, 0.4) is 0 Å². The van der Waals surface area contributed by atoms with Gasteiger partial charge in [-0.05, 0) is 17.5 Å². The van der Waals surface area contributed by atoms with Crippen LogP contribution in [-0.4, -0.2) is 59.2 Å². The van der Waals surface area contributed by atoms with Gasteiger partial charge in [0.1, 0.15) is 0 Å². The monoisotopic (exact) mass is 389 g/mol. The van der Waals surface area contributed by atoms with E-state index in [2.05, 4.69) is 9.88 Å². The summed E-state index contributed by atoms with van der Waals surface area (Å²) in [7, 11) is 0. The second-order valence-electron chi connectivity index (χ2n) is 7.27. The van der Waals surface area contributed by atoms with Gasteiger partial charge in [-0.2, -0.15) is 0 Å². The highest BCUT2D eigenvalue weighted by atomic mass is 16.2. The number of H-pyrrole nitrogens is 1. The zero-order chi connectivity index (χ0) is 20.2. The fourth-order valence-corrected chi connectivity index (χ4v) is 3.73. The Bertz CT molecular complexity index is 1080. The van der Waals surface area contributed by atoms with E-state index < -0.39 is 0 Å². The number of Topliss-reactive ketones (excluding diaryl/α,β-unsaturated/α-hetero) is 1. The average molecular weight is 389 g/mol. The van der Waals surface area contributed by atoms with Gasteiger partial charge < -0.3 is 9.88 Å². The summed E-state index contributed by atoms with van der Waals surface area (Å²) in [6.45, 7) is 3.36. The summed E-state index contributed by atoms with van der Waals surface area (Å²) in [5, 5.41) is 0.841. The molecule has 1 N–H and O–H groups in total. The van der Waals surface area contributed by atoms with Gasteiger partial charge in [-0.3, -0.25) is 19.3 Å². The number of ketones is 1. The van der Waals surface area contributed by atoms with Crippen molar-refractivity contribution in [2.45, 2.75) is 6.42 Å². The summed E-state index contributed by atoms with van der Waals surface area (Å²) in [5.41, 5.74) is 1.63. The van der Waals surface area contributed by atoms with Crippen molar-refractivity contribution < 1.29 is 9.59 Å². The van der Waals surface area contributed by atoms with Crippen LogP contribution in [0.15, 0.2) is 65.5 Å². The molecule has 2 heterocycles. The maximum Gasteiger partial charge on any atom is 0.256 e. The first kappa shape index (κ1) is 19.1. The Morgan fingerprint density at radius 2 is 1.62 bits per heavy atom. The summed E-state index contributed by atoms with van der Waals surface area (Å²) in [6.07, 6.45) is 0.475. The van der Waals surface area contributed by atoms with Crippen LogP contribution in [0.4, 0.5) is 0 Å². The Morgan fingerprint density at radius 3 is 2.38 bits per heavy atom. The lowest BCUT2D eigenvalue weighted by molar-refractivity contribution is 0.0630. The first-order valence-corrected chi connectivity index (χ1v) is 9.84. The highest BCUT2D eigenvalue weighted by Gasteiger charge is 2.24. The second-order valence-corrected chi connectivity index (χ2v) is 7.27. The van der Waals surface area contributed by atoms with Crippen LogP contribution in [0, 0.1) is 0 Å². The highest BCUT2D eigenvalue weighted by molar-refractivity contribution is 6.05. The molecule has 6 heteroatoms. The molecule has 0 atom stereocenters. The largest absolute Gasteiger partial charge is 0.336 e. The maximum absolute atomic E-state index is 13.0. The number of hydrogen-bond donors (Lipinski definition) is 1. The van der Waals surface area contributed by atoms with Gasteiger partial charge in [0, 0.05) is 50.8 Å². The Morgan fingerprint density at radius 1 is 0.862 bits per heavy atom. The van der Waals surface area contributed by atoms with Crippen LogP contribution in [0.25, 0.3) is 10.9 Å². The number of rotatable bonds is 5. The Hall–Kier alpha value is -3.25. The van der Waals surface area contributed by atoms with Crippen molar-refractivity contribution in [3.05, 3.63) is 82.1 Å². The van der Waals surface area contributed by atoms with Gasteiger partial charge in [-0.15, -0.1) is 0 Å². The van der Waals surface area contributed by atoms with Crippen LogP contribution in [0.2, 0.25) is 0 Å². The molecule has 148 valence electrons. The number of carbonyl (C=O) groups is 2. The third-order valence-electron chi connectivity index (χ3n) is 5.40. The van der Waals surface area contributed by atoms with Crippen molar-refractivity contribution in [1.29, 1.82) is 0 Å². The lowest BCUT2D eigenvalue weighted by Gasteiger charge is -2.34. The van der Waals surface area contributed by atoms with E-state index in [1.807, 2.05) is 47.4 Å². The number of fused-ring (bicyclic) bond motifs is 1. The van der Waals surface area contributed by atoms with Gasteiger partial charge in [-0.25, -0.2) is 0 Å². The molecule has 1 amide bonds. The number of aromatic amines is 1. The fourth-order valence-electron chi connectivity index (χ4n) is 3.73. The molecule has 0 bridgehead atoms. The maximum atomic E-state index is 13.0. The minimum absolute atomic E-state index is 0.0718. The number of piperazine rings is 1. The molecule has 4 rings (SSSR count). The molecule has 1 aromatic heterocycles. The molecule has 2 aromatic carbocycles. The molecular formula is C23H23N3O3. The predicted molar refractivity (Wildman–Crippen MR) is 112 cm³/mol. The minimum Gasteiger partial charge on any atom is -0.336 e. The van der Waals surface area contributed by atoms with Crippen molar-refractivity contribution in [2.24, 2.45) is 0 Å². The van der Waals surface area contributed by atoms with Gasteiger partial charge in [-0.1, -0.05) is 42.5 Å². The lowest BCUT2D eigenvalue weighted by atomic mass is 10.1. The van der Waals surface area contributed by atoms with Gasteiger partial charge in [0.15, 0.2) is 5.78 Å². The number of carbonyl (C=O) groups excluding carboxylic acids is 2. The van der Waals surface area contributed by atoms with Crippen LogP contribution < -0.4 is 5.56 Å². The summed E-state index contributed by atoms with van der Waals surface area (Å²) in [6, 6.07) is 18.0. The number of nitrogens with zero attached hydrogens (tertiary/aromatic N) is 2. The molecule has 1 aliphatic rings. The Kier molecular flexibility index (Phi) is 5.53. The standard InChI is InChI=1S/C23H23N3O3/c27-20(17-5-2-1-3-6-17)11-12-25-13-15-26(16-14-25)23(29)19-8-4-7-18-9-10-21(28)24-22(18)19/h1-10H,11-16H2,(H,24,28). The molecule has 6 nitrogen and oxygen atoms in total. The van der Waals surface area contributed by atoms with Gasteiger partial charge >= 0.3 is 0 Å². The average Bonchev–Trinajstić information content (AvgIpc) is 2.77. The van der Waals surface area contributed by atoms with Crippen LogP contribution in [0.5, 0.6) is 0 Å². The second kappa shape index (κ2) is 8.41. The number of hydrogen-bond acceptors (Lipinski definition) is 4. The fraction of sp³-hybridized carbons (Fsp3) is 0.261.